The maximum Gasteiger partial charge on any atom is 0.337 e. The molecule has 0 aliphatic carbocycles. The molecule has 0 unspecified atom stereocenters. The van der Waals surface area contributed by atoms with E-state index in [9.17, 15) is 40.3 Å². The van der Waals surface area contributed by atoms with Gasteiger partial charge in [-0.1, -0.05) is 43.3 Å². The number of rotatable bonds is 12. The van der Waals surface area contributed by atoms with Crippen molar-refractivity contribution < 1.29 is 49.0 Å². The van der Waals surface area contributed by atoms with E-state index in [1.165, 1.54) is 18.2 Å². The Hall–Kier alpha value is -4.23. The summed E-state index contributed by atoms with van der Waals surface area (Å²) in [6, 6.07) is 13.0. The Labute approximate surface area is 247 Å². The minimum absolute atomic E-state index is 0.0136. The fourth-order valence-electron chi connectivity index (χ4n) is 3.60. The maximum absolute atomic E-state index is 12.8. The summed E-state index contributed by atoms with van der Waals surface area (Å²) in [5.41, 5.74) is 1.60. The molecule has 0 bridgehead atoms. The van der Waals surface area contributed by atoms with Gasteiger partial charge in [0.15, 0.2) is 15.6 Å². The molecule has 4 N–H and O–H groups in total. The number of carboxylic acids is 1. The molecule has 43 heavy (non-hydrogen) atoms. The molecule has 0 heterocycles. The predicted octanol–water partition coefficient (Wildman–Crippen LogP) is 3.55. The number of carbonyl (C=O) groups is 1. The first-order valence-corrected chi connectivity index (χ1v) is 16.8. The topological polar surface area (TPSA) is 239 Å². The van der Waals surface area contributed by atoms with Gasteiger partial charge in [0, 0.05) is 5.56 Å². The molecule has 0 saturated heterocycles. The van der Waals surface area contributed by atoms with E-state index in [0.29, 0.717) is 5.56 Å². The first-order valence-electron chi connectivity index (χ1n) is 12.1. The Morgan fingerprint density at radius 3 is 2.23 bits per heavy atom. The van der Waals surface area contributed by atoms with E-state index in [1.54, 1.807) is 25.1 Å². The molecule has 0 atom stereocenters. The molecule has 18 heteroatoms. The zero-order valence-corrected chi connectivity index (χ0v) is 25.0. The van der Waals surface area contributed by atoms with Crippen LogP contribution in [0.5, 0.6) is 5.75 Å². The monoisotopic (exact) mass is 654 g/mol. The van der Waals surface area contributed by atoms with Crippen molar-refractivity contribution in [3.8, 4) is 5.75 Å². The number of aromatic hydroxyl groups is 1. The zero-order chi connectivity index (χ0) is 32.0. The van der Waals surface area contributed by atoms with Crippen molar-refractivity contribution in [1.29, 1.82) is 0 Å². The number of hydrogen-bond acceptors (Lipinski definition) is 12. The van der Waals surface area contributed by atoms with Gasteiger partial charge in [-0.25, -0.2) is 13.2 Å². The van der Waals surface area contributed by atoms with E-state index < -0.39 is 63.0 Å². The number of anilines is 1. The number of nitrogens with one attached hydrogen (secondary N) is 1. The summed E-state index contributed by atoms with van der Waals surface area (Å²) < 4.78 is 86.7. The lowest BCUT2D eigenvalue weighted by Gasteiger charge is -2.13. The Morgan fingerprint density at radius 2 is 1.65 bits per heavy atom. The Balaban J connectivity index is 2.18. The first kappa shape index (κ1) is 33.3. The highest BCUT2D eigenvalue weighted by atomic mass is 32.2. The van der Waals surface area contributed by atoms with Crippen molar-refractivity contribution in [1.82, 2.24) is 0 Å². The van der Waals surface area contributed by atoms with Crippen molar-refractivity contribution in [3.63, 3.8) is 0 Å². The highest BCUT2D eigenvalue weighted by molar-refractivity contribution is 7.91. The molecule has 0 fully saturated rings. The summed E-state index contributed by atoms with van der Waals surface area (Å²) in [4.78, 5) is 10.5. The van der Waals surface area contributed by atoms with Gasteiger partial charge in [-0.15, -0.1) is 10.2 Å². The van der Waals surface area contributed by atoms with Crippen LogP contribution in [-0.4, -0.2) is 64.7 Å². The lowest BCUT2D eigenvalue weighted by atomic mass is 10.1. The predicted molar refractivity (Wildman–Crippen MR) is 154 cm³/mol. The van der Waals surface area contributed by atoms with E-state index in [1.807, 2.05) is 0 Å². The number of carboxylic acid groups (broad SMARTS) is 1. The van der Waals surface area contributed by atoms with Gasteiger partial charge < -0.3 is 10.2 Å². The fraction of sp³-hybridized carbons (Fsp3) is 0.200. The van der Waals surface area contributed by atoms with Crippen LogP contribution in [0, 0.1) is 0 Å². The van der Waals surface area contributed by atoms with Crippen LogP contribution in [0.4, 0.5) is 11.4 Å². The van der Waals surface area contributed by atoms with Gasteiger partial charge in [0.25, 0.3) is 10.1 Å². The van der Waals surface area contributed by atoms with Crippen LogP contribution < -0.4 is 5.43 Å². The smallest absolute Gasteiger partial charge is 0.337 e. The minimum Gasteiger partial charge on any atom is -0.504 e. The van der Waals surface area contributed by atoms with Crippen LogP contribution in [0.1, 0.15) is 34.8 Å². The number of phenols is 1. The van der Waals surface area contributed by atoms with Crippen molar-refractivity contribution >= 4 is 53.3 Å². The highest BCUT2D eigenvalue weighted by Crippen LogP contribution is 2.36. The van der Waals surface area contributed by atoms with Crippen molar-refractivity contribution in [2.45, 2.75) is 28.9 Å². The minimum atomic E-state index is -4.58. The zero-order valence-electron chi connectivity index (χ0n) is 22.6. The molecular formula is C25H26N4O11S3. The molecule has 3 aromatic carbocycles. The van der Waals surface area contributed by atoms with Gasteiger partial charge in [0.05, 0.1) is 23.3 Å². The van der Waals surface area contributed by atoms with E-state index in [0.717, 1.165) is 31.4 Å². The van der Waals surface area contributed by atoms with Crippen molar-refractivity contribution in [2.75, 3.05) is 18.3 Å². The fourth-order valence-corrected chi connectivity index (χ4v) is 6.44. The molecule has 15 nitrogen and oxygen atoms in total. The van der Waals surface area contributed by atoms with E-state index in [4.69, 9.17) is 4.55 Å². The summed E-state index contributed by atoms with van der Waals surface area (Å²) >= 11 is 0. The molecule has 0 aliphatic heterocycles. The molecule has 0 aromatic heterocycles. The van der Waals surface area contributed by atoms with Crippen LogP contribution in [0.25, 0.3) is 0 Å². The van der Waals surface area contributed by atoms with Crippen LogP contribution in [0.15, 0.2) is 85.8 Å². The average Bonchev–Trinajstić information content (AvgIpc) is 2.93. The summed E-state index contributed by atoms with van der Waals surface area (Å²) in [6.45, 7) is 1.61. The second-order valence-electron chi connectivity index (χ2n) is 8.75. The van der Waals surface area contributed by atoms with Gasteiger partial charge in [0.2, 0.25) is 5.84 Å². The largest absolute Gasteiger partial charge is 0.504 e. The van der Waals surface area contributed by atoms with E-state index >= 15 is 0 Å². The van der Waals surface area contributed by atoms with Gasteiger partial charge >= 0.3 is 16.1 Å². The Bertz CT molecular complexity index is 1910. The van der Waals surface area contributed by atoms with Crippen LogP contribution in [-0.2, 0) is 40.0 Å². The van der Waals surface area contributed by atoms with Crippen molar-refractivity contribution in [3.05, 3.63) is 77.4 Å². The molecule has 0 saturated carbocycles. The molecule has 0 spiro atoms. The second kappa shape index (κ2) is 13.4. The lowest BCUT2D eigenvalue weighted by Crippen LogP contribution is -2.11. The Morgan fingerprint density at radius 1 is 0.977 bits per heavy atom. The molecule has 0 aliphatic rings. The third-order valence-corrected chi connectivity index (χ3v) is 9.46. The third kappa shape index (κ3) is 8.64. The standard InChI is InChI=1S/C25H26N4O11S3/c1-3-11-41(33,34)18-13-21(23(30)22(14-18)43(38,39)40-2)27-29-24(17-7-5-4-6-8-17)28-26-20-12-16(15-42(35,36)37)9-10-19(20)25(31)32/h4-10,12-14,27,30H,3,11,15H2,1-2H3,(H,31,32)(H,35,36,37). The number of amidine groups is 1. The van der Waals surface area contributed by atoms with Crippen LogP contribution in [0.3, 0.4) is 0 Å². The molecule has 3 aromatic rings. The first-order chi connectivity index (χ1) is 20.1. The number of sulfone groups is 1. The SMILES string of the molecule is CCCS(=O)(=O)c1cc(NN=C(N=Nc2cc(CS(=O)(=O)O)ccc2C(=O)O)c2ccccc2)c(O)c(S(=O)(=O)OC)c1. The van der Waals surface area contributed by atoms with Gasteiger partial charge in [-0.05, 0) is 36.2 Å². The lowest BCUT2D eigenvalue weighted by molar-refractivity contribution is 0.0697. The second-order valence-corrected chi connectivity index (χ2v) is 14.0. The normalized spacial score (nSPS) is 12.9. The van der Waals surface area contributed by atoms with Gasteiger partial charge in [-0.2, -0.15) is 21.9 Å². The van der Waals surface area contributed by atoms with E-state index in [2.05, 4.69) is 24.9 Å². The summed E-state index contributed by atoms with van der Waals surface area (Å²) in [6.07, 6.45) is 0.221. The summed E-state index contributed by atoms with van der Waals surface area (Å²) in [5.74, 6) is -3.70. The molecular weight excluding hydrogens is 628 g/mol. The number of benzene rings is 3. The van der Waals surface area contributed by atoms with Crippen LogP contribution >= 0.6 is 0 Å². The Kier molecular flexibility index (Phi) is 10.4. The van der Waals surface area contributed by atoms with Crippen LogP contribution in [0.2, 0.25) is 0 Å². The van der Waals surface area contributed by atoms with Gasteiger partial charge in [0.1, 0.15) is 22.0 Å². The maximum atomic E-state index is 12.8. The molecule has 230 valence electrons. The third-order valence-electron chi connectivity index (χ3n) is 5.58. The highest BCUT2D eigenvalue weighted by Gasteiger charge is 2.26. The number of aromatic carboxylic acids is 1. The van der Waals surface area contributed by atoms with E-state index in [-0.39, 0.29) is 34.8 Å². The quantitative estimate of drug-likeness (QED) is 0.0417. The number of hydrazone groups is 1. The molecule has 0 amide bonds. The number of phenolic OH excluding ortho intramolecular Hbond substituents is 1. The summed E-state index contributed by atoms with van der Waals surface area (Å²) in [7, 11) is -12.2. The number of hydrogen-bond donors (Lipinski definition) is 4. The summed E-state index contributed by atoms with van der Waals surface area (Å²) in [5, 5.41) is 32.2. The van der Waals surface area contributed by atoms with Crippen molar-refractivity contribution in [2.24, 2.45) is 15.3 Å². The number of nitrogens with zero attached hydrogens (tertiary/aromatic N) is 3. The number of azo groups is 1. The average molecular weight is 655 g/mol. The van der Waals surface area contributed by atoms with Gasteiger partial charge in [-0.3, -0.25) is 14.2 Å². The molecule has 3 rings (SSSR count). The molecule has 0 radical (unpaired) electrons.